The Bertz CT molecular complexity index is 641. The molecule has 6 heteroatoms. The van der Waals surface area contributed by atoms with Gasteiger partial charge in [-0.25, -0.2) is 5.06 Å². The summed E-state index contributed by atoms with van der Waals surface area (Å²) in [6, 6.07) is 3.47. The van der Waals surface area contributed by atoms with Crippen LogP contribution in [0, 0.1) is 17.5 Å². The van der Waals surface area contributed by atoms with Gasteiger partial charge in [-0.05, 0) is 30.0 Å². The summed E-state index contributed by atoms with van der Waals surface area (Å²) in [6.07, 6.45) is 1.54. The molecule has 0 saturated heterocycles. The van der Waals surface area contributed by atoms with Crippen LogP contribution in [0.3, 0.4) is 0 Å². The van der Waals surface area contributed by atoms with Crippen LogP contribution in [0.15, 0.2) is 18.2 Å². The third-order valence-electron chi connectivity index (χ3n) is 3.19. The third-order valence-corrected chi connectivity index (χ3v) is 3.57. The van der Waals surface area contributed by atoms with Crippen LogP contribution in [0.1, 0.15) is 19.4 Å². The maximum Gasteiger partial charge on any atom is 0.476 e. The Morgan fingerprint density at radius 1 is 1.45 bits per heavy atom. The van der Waals surface area contributed by atoms with Crippen LogP contribution in [0.5, 0.6) is 5.75 Å². The number of halogens is 1. The van der Waals surface area contributed by atoms with Gasteiger partial charge in [-0.1, -0.05) is 25.4 Å². The van der Waals surface area contributed by atoms with Crippen LogP contribution >= 0.6 is 11.6 Å². The Balaban J connectivity index is 2.80. The number of rotatable bonds is 2. The summed E-state index contributed by atoms with van der Waals surface area (Å²) in [5.74, 6) is 0.346. The van der Waals surface area contributed by atoms with E-state index in [1.54, 1.807) is 18.2 Å². The molecule has 20 heavy (non-hydrogen) atoms. The minimum atomic E-state index is -0.469. The SMILES string of the molecule is [CH2]C(C)(C)C1=CC(=[N+]=[N-])[NH+]([O-])c2c1ccc(OC)c2Cl. The molecule has 0 aromatic heterocycles. The van der Waals surface area contributed by atoms with Crippen molar-refractivity contribution in [3.8, 4) is 5.75 Å². The number of amidine groups is 1. The number of nitrogens with zero attached hydrogens (tertiary/aromatic N) is 2. The van der Waals surface area contributed by atoms with Crippen molar-refractivity contribution in [3.63, 3.8) is 0 Å². The minimum absolute atomic E-state index is 0.0561. The highest BCUT2D eigenvalue weighted by molar-refractivity contribution is 6.34. The van der Waals surface area contributed by atoms with E-state index in [0.29, 0.717) is 11.3 Å². The molecule has 0 amide bonds. The summed E-state index contributed by atoms with van der Waals surface area (Å²) in [6.45, 7) is 7.88. The largest absolute Gasteiger partial charge is 0.618 e. The molecular formula is C14H15ClN3O2. The van der Waals surface area contributed by atoms with E-state index in [-0.39, 0.29) is 16.5 Å². The Labute approximate surface area is 122 Å². The van der Waals surface area contributed by atoms with Crippen molar-refractivity contribution in [2.24, 2.45) is 5.41 Å². The van der Waals surface area contributed by atoms with Crippen molar-refractivity contribution in [1.82, 2.24) is 0 Å². The summed E-state index contributed by atoms with van der Waals surface area (Å²) in [5.41, 5.74) is 10.3. The maximum atomic E-state index is 12.3. The van der Waals surface area contributed by atoms with Crippen molar-refractivity contribution in [2.45, 2.75) is 13.8 Å². The zero-order valence-corrected chi connectivity index (χ0v) is 12.3. The van der Waals surface area contributed by atoms with E-state index in [9.17, 15) is 5.21 Å². The van der Waals surface area contributed by atoms with Gasteiger partial charge in [0.05, 0.1) is 13.2 Å². The number of hydrogen-bond donors (Lipinski definition) is 1. The van der Waals surface area contributed by atoms with Crippen molar-refractivity contribution < 1.29 is 14.6 Å². The van der Waals surface area contributed by atoms with Gasteiger partial charge in [0.1, 0.15) is 10.8 Å². The van der Waals surface area contributed by atoms with E-state index in [1.165, 1.54) is 7.11 Å². The lowest BCUT2D eigenvalue weighted by atomic mass is 9.80. The Kier molecular flexibility index (Phi) is 3.71. The Morgan fingerprint density at radius 2 is 2.10 bits per heavy atom. The van der Waals surface area contributed by atoms with Crippen LogP contribution in [-0.2, 0) is 0 Å². The second-order valence-corrected chi connectivity index (χ2v) is 5.64. The zero-order valence-electron chi connectivity index (χ0n) is 11.5. The molecule has 1 aromatic rings. The van der Waals surface area contributed by atoms with E-state index in [4.69, 9.17) is 21.9 Å². The van der Waals surface area contributed by atoms with Gasteiger partial charge in [-0.3, -0.25) is 0 Å². The molecule has 2 rings (SSSR count). The quantitative estimate of drug-likeness (QED) is 0.516. The number of allylic oxidation sites excluding steroid dienone is 1. The van der Waals surface area contributed by atoms with Crippen molar-refractivity contribution in [3.05, 3.63) is 46.5 Å². The summed E-state index contributed by atoms with van der Waals surface area (Å²) >= 11 is 6.23. The molecule has 105 valence electrons. The molecule has 0 saturated carbocycles. The van der Waals surface area contributed by atoms with Crippen molar-refractivity contribution in [2.75, 3.05) is 7.11 Å². The second kappa shape index (κ2) is 5.04. The lowest BCUT2D eigenvalue weighted by molar-refractivity contribution is -0.681. The summed E-state index contributed by atoms with van der Waals surface area (Å²) in [5, 5.41) is 12.1. The molecule has 1 radical (unpaired) electrons. The van der Waals surface area contributed by atoms with Crippen LogP contribution in [0.25, 0.3) is 11.1 Å². The molecule has 1 N–H and O–H groups in total. The molecule has 5 nitrogen and oxygen atoms in total. The number of nitrogens with one attached hydrogen (secondary N) is 1. The molecule has 0 aliphatic carbocycles. The minimum Gasteiger partial charge on any atom is -0.618 e. The average molecular weight is 293 g/mol. The molecule has 1 heterocycles. The number of fused-ring (bicyclic) bond motifs is 1. The monoisotopic (exact) mass is 292 g/mol. The lowest BCUT2D eigenvalue weighted by Gasteiger charge is -2.30. The first-order chi connectivity index (χ1) is 9.31. The van der Waals surface area contributed by atoms with Crippen LogP contribution in [0.4, 0.5) is 5.69 Å². The fourth-order valence-corrected chi connectivity index (χ4v) is 2.53. The molecule has 1 aliphatic heterocycles. The molecule has 1 aromatic carbocycles. The summed E-state index contributed by atoms with van der Waals surface area (Å²) < 4.78 is 5.13. The summed E-state index contributed by atoms with van der Waals surface area (Å²) in [7, 11) is 1.48. The van der Waals surface area contributed by atoms with Gasteiger partial charge < -0.3 is 15.5 Å². The summed E-state index contributed by atoms with van der Waals surface area (Å²) in [4.78, 5) is 3.05. The maximum absolute atomic E-state index is 12.3. The fourth-order valence-electron chi connectivity index (χ4n) is 2.20. The number of hydroxylamine groups is 1. The average Bonchev–Trinajstić information content (AvgIpc) is 2.38. The van der Waals surface area contributed by atoms with E-state index in [2.05, 4.69) is 11.7 Å². The predicted molar refractivity (Wildman–Crippen MR) is 77.7 cm³/mol. The number of methoxy groups -OCH3 is 1. The molecule has 1 atom stereocenters. The predicted octanol–water partition coefficient (Wildman–Crippen LogP) is 2.25. The smallest absolute Gasteiger partial charge is 0.476 e. The second-order valence-electron chi connectivity index (χ2n) is 5.26. The van der Waals surface area contributed by atoms with Gasteiger partial charge in [-0.15, -0.1) is 4.79 Å². The van der Waals surface area contributed by atoms with Gasteiger partial charge in [0.2, 0.25) is 0 Å². The van der Waals surface area contributed by atoms with Gasteiger partial charge in [-0.2, -0.15) is 0 Å². The van der Waals surface area contributed by atoms with Gasteiger partial charge in [0, 0.05) is 5.56 Å². The number of quaternary nitrogens is 1. The molecule has 0 spiro atoms. The highest BCUT2D eigenvalue weighted by Gasteiger charge is 2.36. The lowest BCUT2D eigenvalue weighted by Crippen LogP contribution is -3.06. The highest BCUT2D eigenvalue weighted by Crippen LogP contribution is 2.42. The van der Waals surface area contributed by atoms with E-state index in [1.807, 2.05) is 13.8 Å². The first kappa shape index (κ1) is 14.8. The van der Waals surface area contributed by atoms with Gasteiger partial charge in [0.15, 0.2) is 5.69 Å². The van der Waals surface area contributed by atoms with Crippen molar-refractivity contribution in [1.29, 1.82) is 0 Å². The first-order valence-corrected chi connectivity index (χ1v) is 6.40. The van der Waals surface area contributed by atoms with Crippen LogP contribution < -0.4 is 9.80 Å². The molecular weight excluding hydrogens is 278 g/mol. The van der Waals surface area contributed by atoms with Crippen LogP contribution in [0.2, 0.25) is 5.02 Å². The van der Waals surface area contributed by atoms with E-state index in [0.717, 1.165) is 5.57 Å². The fraction of sp³-hybridized carbons (Fsp3) is 0.286. The third kappa shape index (κ3) is 2.25. The molecule has 1 aliphatic rings. The van der Waals surface area contributed by atoms with Gasteiger partial charge >= 0.3 is 5.84 Å². The van der Waals surface area contributed by atoms with Gasteiger partial charge in [0.25, 0.3) is 0 Å². The van der Waals surface area contributed by atoms with E-state index < -0.39 is 10.5 Å². The van der Waals surface area contributed by atoms with Crippen molar-refractivity contribution >= 4 is 28.7 Å². The van der Waals surface area contributed by atoms with Crippen LogP contribution in [-0.4, -0.2) is 17.7 Å². The molecule has 0 bridgehead atoms. The Hall–Kier alpha value is -1.65. The highest BCUT2D eigenvalue weighted by atomic mass is 35.5. The number of ether oxygens (including phenoxy) is 1. The number of benzene rings is 1. The number of hydrogen-bond acceptors (Lipinski definition) is 2. The molecule has 1 unspecified atom stereocenters. The molecule has 0 fully saturated rings. The topological polar surface area (TPSA) is 73.1 Å². The van der Waals surface area contributed by atoms with E-state index >= 15 is 0 Å². The first-order valence-electron chi connectivity index (χ1n) is 6.02. The normalized spacial score (nSPS) is 18.2. The zero-order chi connectivity index (χ0) is 15.1. The Morgan fingerprint density at radius 3 is 2.60 bits per heavy atom. The standard InChI is InChI=1S/C14H15ClN3O2/c1-14(2,3)9-7-11(17-16)18(19)13-8(9)5-6-10(20-4)12(13)15/h5-7,18H,1H2,2-4H3.